The lowest BCUT2D eigenvalue weighted by molar-refractivity contribution is -0.385. The van der Waals surface area contributed by atoms with Crippen molar-refractivity contribution < 1.29 is 14.8 Å². The van der Waals surface area contributed by atoms with Gasteiger partial charge in [0.15, 0.2) is 0 Å². The molecular weight excluding hydrogens is 360 g/mol. The van der Waals surface area contributed by atoms with Crippen molar-refractivity contribution in [1.82, 2.24) is 15.0 Å². The van der Waals surface area contributed by atoms with Crippen molar-refractivity contribution in [3.8, 4) is 22.8 Å². The molecule has 0 bridgehead atoms. The van der Waals surface area contributed by atoms with Crippen LogP contribution < -0.4 is 0 Å². The second kappa shape index (κ2) is 6.87. The minimum absolute atomic E-state index is 0.00351. The molecule has 134 valence electrons. The Morgan fingerprint density at radius 2 is 0.963 bits per heavy atom. The van der Waals surface area contributed by atoms with E-state index in [1.165, 1.54) is 24.5 Å². The van der Waals surface area contributed by atoms with Gasteiger partial charge in [-0.2, -0.15) is 0 Å². The number of hydrogen-bond donors (Lipinski definition) is 0. The Hall–Kier alpha value is -4.35. The molecule has 0 unspecified atom stereocenters. The summed E-state index contributed by atoms with van der Waals surface area (Å²) in [6.07, 6.45) is 2.36. The van der Waals surface area contributed by atoms with E-state index >= 15 is 0 Å². The van der Waals surface area contributed by atoms with Crippen LogP contribution in [0.5, 0.6) is 0 Å². The third-order valence-electron chi connectivity index (χ3n) is 3.45. The van der Waals surface area contributed by atoms with Crippen molar-refractivity contribution in [2.45, 2.75) is 0 Å². The predicted molar refractivity (Wildman–Crippen MR) is 90.7 cm³/mol. The molecule has 12 heteroatoms. The first-order chi connectivity index (χ1) is 12.8. The van der Waals surface area contributed by atoms with Crippen LogP contribution in [0.2, 0.25) is 0 Å². The molecule has 0 aliphatic carbocycles. The highest BCUT2D eigenvalue weighted by Crippen LogP contribution is 2.29. The van der Waals surface area contributed by atoms with Crippen LogP contribution in [0.1, 0.15) is 0 Å². The van der Waals surface area contributed by atoms with E-state index in [-0.39, 0.29) is 39.8 Å². The molecule has 0 aliphatic heterocycles. The van der Waals surface area contributed by atoms with Crippen LogP contribution in [0.25, 0.3) is 22.8 Å². The monoisotopic (exact) mass is 368 g/mol. The summed E-state index contributed by atoms with van der Waals surface area (Å²) >= 11 is 0. The topological polar surface area (TPSA) is 168 Å². The number of hydrogen-bond acceptors (Lipinski definition) is 9. The first kappa shape index (κ1) is 17.5. The van der Waals surface area contributed by atoms with Crippen molar-refractivity contribution in [2.24, 2.45) is 0 Å². The Bertz CT molecular complexity index is 1010. The van der Waals surface area contributed by atoms with E-state index in [0.717, 1.165) is 24.3 Å². The van der Waals surface area contributed by atoms with Gasteiger partial charge in [0.25, 0.3) is 17.1 Å². The van der Waals surface area contributed by atoms with Gasteiger partial charge in [-0.1, -0.05) is 0 Å². The summed E-state index contributed by atoms with van der Waals surface area (Å²) < 4.78 is 0. The van der Waals surface area contributed by atoms with Crippen molar-refractivity contribution in [1.29, 1.82) is 0 Å². The molecule has 3 aromatic heterocycles. The maximum absolute atomic E-state index is 11.2. The normalized spacial score (nSPS) is 10.4. The summed E-state index contributed by atoms with van der Waals surface area (Å²) in [7, 11) is 0. The van der Waals surface area contributed by atoms with E-state index in [1.54, 1.807) is 0 Å². The zero-order valence-corrected chi connectivity index (χ0v) is 13.3. The Morgan fingerprint density at radius 3 is 1.33 bits per heavy atom. The SMILES string of the molecule is O=[N+]([O-])c1ccnc(-c2cc([N+](=O)[O-])cc(-c3cc([N+](=O)[O-])ccn3)n2)c1. The molecule has 0 atom stereocenters. The molecule has 0 saturated heterocycles. The largest absolute Gasteiger partial charge is 0.273 e. The standard InChI is InChI=1S/C15H8N6O6/c22-19(23)9-1-3-16-12(5-9)14-7-11(21(26)27)8-15(18-14)13-6-10(20(24)25)2-4-17-13/h1-8H. The Balaban J connectivity index is 2.18. The van der Waals surface area contributed by atoms with Crippen LogP contribution in [-0.4, -0.2) is 29.7 Å². The molecule has 12 nitrogen and oxygen atoms in total. The number of nitrogens with zero attached hydrogens (tertiary/aromatic N) is 6. The molecule has 0 amide bonds. The number of nitro groups is 3. The highest BCUT2D eigenvalue weighted by atomic mass is 16.6. The van der Waals surface area contributed by atoms with Gasteiger partial charge in [0.1, 0.15) is 0 Å². The van der Waals surface area contributed by atoms with E-state index in [9.17, 15) is 30.3 Å². The fraction of sp³-hybridized carbons (Fsp3) is 0. The van der Waals surface area contributed by atoms with E-state index in [2.05, 4.69) is 15.0 Å². The van der Waals surface area contributed by atoms with Gasteiger partial charge in [0.2, 0.25) is 0 Å². The van der Waals surface area contributed by atoms with Crippen molar-refractivity contribution in [3.63, 3.8) is 0 Å². The van der Waals surface area contributed by atoms with Crippen LogP contribution >= 0.6 is 0 Å². The van der Waals surface area contributed by atoms with Gasteiger partial charge < -0.3 is 0 Å². The minimum atomic E-state index is -0.677. The minimum Gasteiger partial charge on any atom is -0.258 e. The van der Waals surface area contributed by atoms with E-state index < -0.39 is 14.8 Å². The molecule has 3 heterocycles. The predicted octanol–water partition coefficient (Wildman–Crippen LogP) is 2.93. The molecule has 0 radical (unpaired) electrons. The van der Waals surface area contributed by atoms with E-state index in [4.69, 9.17) is 0 Å². The molecule has 0 spiro atoms. The Morgan fingerprint density at radius 1 is 0.593 bits per heavy atom. The summed E-state index contributed by atoms with van der Waals surface area (Å²) in [5, 5.41) is 33.1. The fourth-order valence-corrected chi connectivity index (χ4v) is 2.23. The second-order valence-corrected chi connectivity index (χ2v) is 5.17. The van der Waals surface area contributed by atoms with Gasteiger partial charge >= 0.3 is 0 Å². The molecule has 27 heavy (non-hydrogen) atoms. The first-order valence-electron chi connectivity index (χ1n) is 7.23. The van der Waals surface area contributed by atoms with Crippen LogP contribution in [0.15, 0.2) is 48.8 Å². The van der Waals surface area contributed by atoms with Gasteiger partial charge in [0, 0.05) is 48.8 Å². The quantitative estimate of drug-likeness (QED) is 0.485. The molecule has 3 aromatic rings. The maximum Gasteiger partial charge on any atom is 0.273 e. The molecular formula is C15H8N6O6. The van der Waals surface area contributed by atoms with E-state index in [0.29, 0.717) is 0 Å². The van der Waals surface area contributed by atoms with Gasteiger partial charge in [-0.3, -0.25) is 40.3 Å². The lowest BCUT2D eigenvalue weighted by atomic mass is 10.1. The molecule has 0 aromatic carbocycles. The molecule has 0 aliphatic rings. The van der Waals surface area contributed by atoms with Crippen molar-refractivity contribution in [3.05, 3.63) is 79.1 Å². The third kappa shape index (κ3) is 3.68. The average Bonchev–Trinajstić information content (AvgIpc) is 2.67. The van der Waals surface area contributed by atoms with Gasteiger partial charge in [-0.25, -0.2) is 4.98 Å². The Kier molecular flexibility index (Phi) is 4.45. The van der Waals surface area contributed by atoms with E-state index in [1.807, 2.05) is 0 Å². The van der Waals surface area contributed by atoms with Gasteiger partial charge in [-0.05, 0) is 0 Å². The summed E-state index contributed by atoms with van der Waals surface area (Å²) in [5.41, 5.74) is -0.810. The molecule has 3 rings (SSSR count). The van der Waals surface area contributed by atoms with Crippen LogP contribution in [0, 0.1) is 30.3 Å². The number of aromatic nitrogens is 3. The van der Waals surface area contributed by atoms with Crippen molar-refractivity contribution >= 4 is 17.1 Å². The average molecular weight is 368 g/mol. The smallest absolute Gasteiger partial charge is 0.258 e. The lowest BCUT2D eigenvalue weighted by Gasteiger charge is -2.05. The maximum atomic E-state index is 11.2. The molecule has 0 N–H and O–H groups in total. The van der Waals surface area contributed by atoms with Gasteiger partial charge in [-0.15, -0.1) is 0 Å². The fourth-order valence-electron chi connectivity index (χ4n) is 2.23. The third-order valence-corrected chi connectivity index (χ3v) is 3.45. The molecule has 0 saturated carbocycles. The van der Waals surface area contributed by atoms with Crippen molar-refractivity contribution in [2.75, 3.05) is 0 Å². The van der Waals surface area contributed by atoms with Crippen LogP contribution in [-0.2, 0) is 0 Å². The number of pyridine rings is 3. The molecule has 0 fully saturated rings. The summed E-state index contributed by atoms with van der Waals surface area (Å²) in [6.45, 7) is 0. The second-order valence-electron chi connectivity index (χ2n) is 5.17. The highest BCUT2D eigenvalue weighted by Gasteiger charge is 2.18. The summed E-state index contributed by atoms with van der Waals surface area (Å²) in [4.78, 5) is 43.2. The lowest BCUT2D eigenvalue weighted by Crippen LogP contribution is -1.98. The zero-order chi connectivity index (χ0) is 19.6. The summed E-state index contributed by atoms with van der Waals surface area (Å²) in [6, 6.07) is 6.79. The van der Waals surface area contributed by atoms with Crippen LogP contribution in [0.3, 0.4) is 0 Å². The summed E-state index contributed by atoms with van der Waals surface area (Å²) in [5.74, 6) is 0. The van der Waals surface area contributed by atoms with Crippen LogP contribution in [0.4, 0.5) is 17.1 Å². The Labute approximate surface area is 149 Å². The zero-order valence-electron chi connectivity index (χ0n) is 13.3. The highest BCUT2D eigenvalue weighted by molar-refractivity contribution is 5.68. The first-order valence-corrected chi connectivity index (χ1v) is 7.23. The number of rotatable bonds is 5. The van der Waals surface area contributed by atoms with Gasteiger partial charge in [0.05, 0.1) is 37.5 Å².